The Bertz CT molecular complexity index is 1140. The first-order chi connectivity index (χ1) is 14.6. The van der Waals surface area contributed by atoms with Crippen molar-refractivity contribution in [3.8, 4) is 17.6 Å². The molecule has 0 saturated heterocycles. The highest BCUT2D eigenvalue weighted by Gasteiger charge is 2.73. The third-order valence-corrected chi connectivity index (χ3v) is 6.39. The normalized spacial score (nSPS) is 28.9. The Balaban J connectivity index is 1.81. The number of aliphatic hydroxyl groups is 2. The first kappa shape index (κ1) is 18.6. The lowest BCUT2D eigenvalue weighted by Gasteiger charge is -2.40. The average molecular weight is 400 g/mol. The molecule has 1 aliphatic carbocycles. The van der Waals surface area contributed by atoms with Crippen LogP contribution in [-0.4, -0.2) is 28.4 Å². The Kier molecular flexibility index (Phi) is 4.07. The van der Waals surface area contributed by atoms with E-state index in [-0.39, 0.29) is 5.92 Å². The van der Waals surface area contributed by atoms with Crippen molar-refractivity contribution < 1.29 is 19.7 Å². The van der Waals surface area contributed by atoms with Gasteiger partial charge < -0.3 is 19.7 Å². The molecule has 1 aliphatic heterocycles. The zero-order valence-electron chi connectivity index (χ0n) is 16.3. The third kappa shape index (κ3) is 2.22. The Morgan fingerprint density at radius 2 is 1.87 bits per heavy atom. The first-order valence-corrected chi connectivity index (χ1v) is 9.73. The second-order valence-corrected chi connectivity index (χ2v) is 7.72. The Morgan fingerprint density at radius 3 is 2.53 bits per heavy atom. The number of rotatable bonds is 3. The molecule has 3 aromatic rings. The van der Waals surface area contributed by atoms with Crippen LogP contribution in [0.4, 0.5) is 0 Å². The number of aromatic nitrogens is 1. The number of pyridine rings is 1. The first-order valence-electron chi connectivity index (χ1n) is 9.73. The summed E-state index contributed by atoms with van der Waals surface area (Å²) in [4.78, 5) is 4.17. The molecule has 2 heterocycles. The van der Waals surface area contributed by atoms with E-state index in [1.807, 2.05) is 30.3 Å². The number of nitrogens with zero attached hydrogens (tertiary/aromatic N) is 2. The van der Waals surface area contributed by atoms with Crippen LogP contribution in [0.5, 0.6) is 11.5 Å². The summed E-state index contributed by atoms with van der Waals surface area (Å²) in [6, 6.07) is 18.8. The van der Waals surface area contributed by atoms with Gasteiger partial charge in [0.15, 0.2) is 11.2 Å². The summed E-state index contributed by atoms with van der Waals surface area (Å²) in [6.07, 6.45) is 2.24. The summed E-state index contributed by atoms with van der Waals surface area (Å²) < 4.78 is 12.0. The minimum absolute atomic E-state index is 0.297. The molecule has 2 aromatic carbocycles. The van der Waals surface area contributed by atoms with Crippen molar-refractivity contribution in [1.82, 2.24) is 4.98 Å². The third-order valence-electron chi connectivity index (χ3n) is 6.39. The highest BCUT2D eigenvalue weighted by Crippen LogP contribution is 2.67. The number of ether oxygens (including phenoxy) is 2. The maximum atomic E-state index is 12.2. The van der Waals surface area contributed by atoms with Crippen molar-refractivity contribution in [3.63, 3.8) is 0 Å². The largest absolute Gasteiger partial charge is 0.495 e. The molecule has 6 nitrogen and oxygen atoms in total. The van der Waals surface area contributed by atoms with E-state index in [9.17, 15) is 15.5 Å². The summed E-state index contributed by atoms with van der Waals surface area (Å²) in [6.45, 7) is 0. The molecule has 0 amide bonds. The number of fused-ring (bicyclic) bond motifs is 3. The molecule has 150 valence electrons. The zero-order valence-corrected chi connectivity index (χ0v) is 16.3. The highest BCUT2D eigenvalue weighted by molar-refractivity contribution is 5.58. The number of aliphatic hydroxyl groups excluding tert-OH is 1. The van der Waals surface area contributed by atoms with Gasteiger partial charge in [0.1, 0.15) is 11.5 Å². The van der Waals surface area contributed by atoms with Crippen molar-refractivity contribution in [3.05, 3.63) is 89.2 Å². The van der Waals surface area contributed by atoms with Gasteiger partial charge in [0.2, 0.25) is 0 Å². The Morgan fingerprint density at radius 1 is 1.13 bits per heavy atom. The summed E-state index contributed by atoms with van der Waals surface area (Å²) >= 11 is 0. The fraction of sp³-hybridized carbons (Fsp3) is 0.250. The van der Waals surface area contributed by atoms with Gasteiger partial charge in [-0.15, -0.1) is 0 Å². The molecule has 2 aliphatic rings. The fourth-order valence-corrected chi connectivity index (χ4v) is 5.11. The van der Waals surface area contributed by atoms with E-state index in [2.05, 4.69) is 11.1 Å². The molecule has 2 N–H and O–H groups in total. The molecule has 0 radical (unpaired) electrons. The van der Waals surface area contributed by atoms with E-state index >= 15 is 0 Å². The number of nitriles is 1. The van der Waals surface area contributed by atoms with E-state index in [0.717, 1.165) is 5.56 Å². The minimum atomic E-state index is -1.76. The quantitative estimate of drug-likeness (QED) is 0.702. The van der Waals surface area contributed by atoms with Crippen molar-refractivity contribution >= 4 is 0 Å². The van der Waals surface area contributed by atoms with E-state index in [4.69, 9.17) is 9.47 Å². The van der Waals surface area contributed by atoms with Gasteiger partial charge in [-0.2, -0.15) is 5.26 Å². The number of hydrogen-bond acceptors (Lipinski definition) is 6. The van der Waals surface area contributed by atoms with Crippen LogP contribution in [0.3, 0.4) is 0 Å². The molecule has 30 heavy (non-hydrogen) atoms. The lowest BCUT2D eigenvalue weighted by atomic mass is 9.71. The van der Waals surface area contributed by atoms with Gasteiger partial charge in [0.25, 0.3) is 0 Å². The van der Waals surface area contributed by atoms with Crippen molar-refractivity contribution in [2.75, 3.05) is 7.11 Å². The van der Waals surface area contributed by atoms with Crippen LogP contribution in [-0.2, 0) is 11.2 Å². The van der Waals surface area contributed by atoms with Crippen molar-refractivity contribution in [2.45, 2.75) is 29.6 Å². The zero-order chi connectivity index (χ0) is 20.9. The number of methoxy groups -OCH3 is 1. The van der Waals surface area contributed by atoms with Gasteiger partial charge >= 0.3 is 0 Å². The van der Waals surface area contributed by atoms with Crippen LogP contribution in [0, 0.1) is 11.3 Å². The molecule has 1 fully saturated rings. The molecule has 0 spiro atoms. The Hall–Kier alpha value is -3.40. The predicted octanol–water partition coefficient (Wildman–Crippen LogP) is 2.99. The molecule has 1 aromatic heterocycles. The smallest absolute Gasteiger partial charge is 0.176 e. The van der Waals surface area contributed by atoms with E-state index in [1.165, 1.54) is 19.5 Å². The van der Waals surface area contributed by atoms with E-state index in [0.29, 0.717) is 34.6 Å². The van der Waals surface area contributed by atoms with Crippen LogP contribution in [0.1, 0.15) is 34.6 Å². The standard InChI is InChI=1S/C24H20N2O4/c1-29-19-13-26-14-20-22(19)23(28)21(27)11-18(16-5-3-2-4-6-16)24(23,30-20)17-9-7-15(12-25)8-10-17/h2-10,13-14,18,21,27-28H,11H2,1H3/t18?,21?,23-,24+/m1/s1. The van der Waals surface area contributed by atoms with E-state index < -0.39 is 17.3 Å². The van der Waals surface area contributed by atoms with Crippen molar-refractivity contribution in [1.29, 1.82) is 5.26 Å². The van der Waals surface area contributed by atoms with Gasteiger partial charge in [-0.05, 0) is 29.7 Å². The maximum Gasteiger partial charge on any atom is 0.176 e. The average Bonchev–Trinajstić information content (AvgIpc) is 3.20. The number of hydrogen-bond donors (Lipinski definition) is 2. The summed E-state index contributed by atoms with van der Waals surface area (Å²) in [5, 5.41) is 32.6. The fourth-order valence-electron chi connectivity index (χ4n) is 5.11. The molecule has 5 rings (SSSR count). The molecular weight excluding hydrogens is 380 g/mol. The molecule has 4 atom stereocenters. The monoisotopic (exact) mass is 400 g/mol. The molecule has 2 unspecified atom stereocenters. The van der Waals surface area contributed by atoms with E-state index in [1.54, 1.807) is 24.3 Å². The second-order valence-electron chi connectivity index (χ2n) is 7.72. The van der Waals surface area contributed by atoms with Gasteiger partial charge in [0.05, 0.1) is 42.8 Å². The van der Waals surface area contributed by atoms with Crippen LogP contribution in [0.25, 0.3) is 0 Å². The van der Waals surface area contributed by atoms with Crippen LogP contribution in [0.15, 0.2) is 67.0 Å². The summed E-state index contributed by atoms with van der Waals surface area (Å²) in [5.41, 5.74) is -0.547. The van der Waals surface area contributed by atoms with Gasteiger partial charge in [-0.25, -0.2) is 0 Å². The van der Waals surface area contributed by atoms with Crippen molar-refractivity contribution in [2.24, 2.45) is 0 Å². The van der Waals surface area contributed by atoms with Crippen LogP contribution >= 0.6 is 0 Å². The highest BCUT2D eigenvalue weighted by atomic mass is 16.5. The Labute approximate surface area is 174 Å². The minimum Gasteiger partial charge on any atom is -0.495 e. The predicted molar refractivity (Wildman–Crippen MR) is 108 cm³/mol. The molecule has 0 bridgehead atoms. The van der Waals surface area contributed by atoms with Gasteiger partial charge in [0, 0.05) is 5.92 Å². The lowest BCUT2D eigenvalue weighted by Crippen LogP contribution is -2.52. The van der Waals surface area contributed by atoms with Gasteiger partial charge in [-0.3, -0.25) is 4.98 Å². The van der Waals surface area contributed by atoms with Crippen LogP contribution < -0.4 is 9.47 Å². The number of benzene rings is 2. The molecular formula is C24H20N2O4. The second kappa shape index (κ2) is 6.56. The van der Waals surface area contributed by atoms with Crippen LogP contribution in [0.2, 0.25) is 0 Å². The topological polar surface area (TPSA) is 95.6 Å². The SMILES string of the molecule is COc1cncc2c1[C@]1(O)C(O)CC(c3ccccc3)[C@]1(c1ccc(C#N)cc1)O2. The summed E-state index contributed by atoms with van der Waals surface area (Å²) in [7, 11) is 1.50. The van der Waals surface area contributed by atoms with Gasteiger partial charge in [-0.1, -0.05) is 42.5 Å². The molecule has 6 heteroatoms. The lowest BCUT2D eigenvalue weighted by molar-refractivity contribution is -0.150. The summed E-state index contributed by atoms with van der Waals surface area (Å²) in [5.74, 6) is 0.392. The maximum absolute atomic E-state index is 12.2. The molecule has 1 saturated carbocycles.